The van der Waals surface area contributed by atoms with Gasteiger partial charge in [-0.2, -0.15) is 4.31 Å². The van der Waals surface area contributed by atoms with Gasteiger partial charge < -0.3 is 20.1 Å². The van der Waals surface area contributed by atoms with Gasteiger partial charge >= 0.3 is 0 Å². The highest BCUT2D eigenvalue weighted by Gasteiger charge is 2.34. The maximum atomic E-state index is 13.3. The Kier molecular flexibility index (Phi) is 10.0. The number of Topliss-reactive ketones (excluding diaryl/α,β-unsaturated/α-hetero) is 1. The normalized spacial score (nSPS) is 17.3. The lowest BCUT2D eigenvalue weighted by Crippen LogP contribution is -2.52. The van der Waals surface area contributed by atoms with Crippen LogP contribution in [0.15, 0.2) is 47.4 Å². The summed E-state index contributed by atoms with van der Waals surface area (Å²) in [5.41, 5.74) is 0.265. The molecule has 0 spiro atoms. The molecule has 2 atom stereocenters. The molecule has 2 aromatic rings. The summed E-state index contributed by atoms with van der Waals surface area (Å²) in [5, 5.41) is 5.45. The molecule has 2 amide bonds. The Balaban J connectivity index is 1.71. The van der Waals surface area contributed by atoms with Gasteiger partial charge in [0.15, 0.2) is 17.3 Å². The molecule has 0 aromatic heterocycles. The number of sulfonamides is 1. The second-order valence-corrected chi connectivity index (χ2v) is 11.6. The van der Waals surface area contributed by atoms with Crippen molar-refractivity contribution in [3.05, 3.63) is 53.8 Å². The van der Waals surface area contributed by atoms with Crippen LogP contribution in [0.2, 0.25) is 0 Å². The van der Waals surface area contributed by atoms with Crippen molar-refractivity contribution in [2.75, 3.05) is 27.3 Å². The van der Waals surface area contributed by atoms with E-state index in [4.69, 9.17) is 9.47 Å². The number of amides is 2. The summed E-state index contributed by atoms with van der Waals surface area (Å²) in [6, 6.07) is 7.17. The highest BCUT2D eigenvalue weighted by molar-refractivity contribution is 7.89. The highest BCUT2D eigenvalue weighted by Crippen LogP contribution is 2.27. The van der Waals surface area contributed by atoms with Gasteiger partial charge in [-0.25, -0.2) is 12.8 Å². The molecule has 3 rings (SSSR count). The zero-order valence-electron chi connectivity index (χ0n) is 22.4. The standard InChI is InChI=1S/C27H34FN3O7S/c1-17(2)14-22(30-26(33)18-7-12-24(37-3)25(15-18)38-4)27(34)29-21-6-5-13-31(16-23(21)32)39(35,36)20-10-8-19(28)9-11-20/h7-12,15,17,21-22H,5-6,13-14,16H2,1-4H3,(H,29,34)(H,30,33)/t21-,22?/m1/s1. The van der Waals surface area contributed by atoms with Crippen LogP contribution in [0.3, 0.4) is 0 Å². The number of hydrogen-bond acceptors (Lipinski definition) is 7. The lowest BCUT2D eigenvalue weighted by atomic mass is 10.0. The molecule has 2 aromatic carbocycles. The average Bonchev–Trinajstić information content (AvgIpc) is 3.09. The number of nitrogens with zero attached hydrogens (tertiary/aromatic N) is 1. The first-order valence-corrected chi connectivity index (χ1v) is 14.0. The SMILES string of the molecule is COc1ccc(C(=O)NC(CC(C)C)C(=O)N[C@@H]2CCCN(S(=O)(=O)c3ccc(F)cc3)CC2=O)cc1OC. The minimum absolute atomic E-state index is 0.0487. The lowest BCUT2D eigenvalue weighted by molar-refractivity contribution is -0.129. The Hall–Kier alpha value is -3.51. The molecule has 2 N–H and O–H groups in total. The van der Waals surface area contributed by atoms with Gasteiger partial charge in [-0.15, -0.1) is 0 Å². The number of carbonyl (C=O) groups excluding carboxylic acids is 3. The number of benzene rings is 2. The summed E-state index contributed by atoms with van der Waals surface area (Å²) in [7, 11) is -1.09. The first kappa shape index (κ1) is 30.0. The van der Waals surface area contributed by atoms with Crippen LogP contribution >= 0.6 is 0 Å². The van der Waals surface area contributed by atoms with Gasteiger partial charge in [0, 0.05) is 12.1 Å². The van der Waals surface area contributed by atoms with E-state index in [9.17, 15) is 27.2 Å². The fraction of sp³-hybridized carbons (Fsp3) is 0.444. The summed E-state index contributed by atoms with van der Waals surface area (Å²) >= 11 is 0. The molecular formula is C27H34FN3O7S. The topological polar surface area (TPSA) is 131 Å². The summed E-state index contributed by atoms with van der Waals surface area (Å²) in [6.07, 6.45) is 0.874. The van der Waals surface area contributed by atoms with Crippen molar-refractivity contribution in [2.45, 2.75) is 50.1 Å². The molecule has 0 aliphatic carbocycles. The molecule has 212 valence electrons. The number of nitrogens with one attached hydrogen (secondary N) is 2. The Labute approximate surface area is 227 Å². The summed E-state index contributed by atoms with van der Waals surface area (Å²) < 4.78 is 50.7. The fourth-order valence-electron chi connectivity index (χ4n) is 4.30. The van der Waals surface area contributed by atoms with E-state index in [0.717, 1.165) is 28.6 Å². The predicted molar refractivity (Wildman–Crippen MR) is 142 cm³/mol. The summed E-state index contributed by atoms with van der Waals surface area (Å²) in [5.74, 6) is -1.22. The molecule has 39 heavy (non-hydrogen) atoms. The Bertz CT molecular complexity index is 1300. The Morgan fingerprint density at radius 1 is 1.08 bits per heavy atom. The number of ketones is 1. The fourth-order valence-corrected chi connectivity index (χ4v) is 5.75. The maximum Gasteiger partial charge on any atom is 0.252 e. The van der Waals surface area contributed by atoms with Crippen LogP contribution in [0.1, 0.15) is 43.5 Å². The monoisotopic (exact) mass is 563 g/mol. The van der Waals surface area contributed by atoms with Gasteiger partial charge in [-0.1, -0.05) is 13.8 Å². The van der Waals surface area contributed by atoms with Gasteiger partial charge in [0.05, 0.1) is 31.7 Å². The lowest BCUT2D eigenvalue weighted by Gasteiger charge is -2.24. The van der Waals surface area contributed by atoms with E-state index < -0.39 is 52.1 Å². The van der Waals surface area contributed by atoms with Crippen molar-refractivity contribution < 1.29 is 36.7 Å². The van der Waals surface area contributed by atoms with Gasteiger partial charge in [-0.3, -0.25) is 14.4 Å². The Morgan fingerprint density at radius 2 is 1.74 bits per heavy atom. The smallest absolute Gasteiger partial charge is 0.252 e. The van der Waals surface area contributed by atoms with Crippen LogP contribution in [0, 0.1) is 11.7 Å². The Morgan fingerprint density at radius 3 is 2.36 bits per heavy atom. The number of halogens is 1. The summed E-state index contributed by atoms with van der Waals surface area (Å²) in [6.45, 7) is 3.44. The molecule has 12 heteroatoms. The van der Waals surface area contributed by atoms with Crippen molar-refractivity contribution in [2.24, 2.45) is 5.92 Å². The molecule has 0 radical (unpaired) electrons. The molecule has 0 bridgehead atoms. The molecular weight excluding hydrogens is 529 g/mol. The van der Waals surface area contributed by atoms with E-state index in [2.05, 4.69) is 10.6 Å². The van der Waals surface area contributed by atoms with Gasteiger partial charge in [0.1, 0.15) is 11.9 Å². The predicted octanol–water partition coefficient (Wildman–Crippen LogP) is 2.53. The number of methoxy groups -OCH3 is 2. The molecule has 1 aliphatic rings. The molecule has 1 unspecified atom stereocenters. The second-order valence-electron chi connectivity index (χ2n) is 9.69. The van der Waals surface area contributed by atoms with Crippen molar-refractivity contribution in [1.29, 1.82) is 0 Å². The third kappa shape index (κ3) is 7.54. The second kappa shape index (κ2) is 13.0. The summed E-state index contributed by atoms with van der Waals surface area (Å²) in [4.78, 5) is 39.1. The minimum Gasteiger partial charge on any atom is -0.493 e. The van der Waals surface area contributed by atoms with Crippen LogP contribution in [0.4, 0.5) is 4.39 Å². The zero-order chi connectivity index (χ0) is 28.7. The van der Waals surface area contributed by atoms with Crippen LogP contribution in [-0.2, 0) is 19.6 Å². The van der Waals surface area contributed by atoms with Crippen molar-refractivity contribution in [3.63, 3.8) is 0 Å². The molecule has 1 heterocycles. The number of ether oxygens (including phenoxy) is 2. The average molecular weight is 564 g/mol. The van der Waals surface area contributed by atoms with Crippen molar-refractivity contribution in [1.82, 2.24) is 14.9 Å². The van der Waals surface area contributed by atoms with E-state index in [0.29, 0.717) is 24.3 Å². The minimum atomic E-state index is -4.02. The van der Waals surface area contributed by atoms with E-state index in [1.165, 1.54) is 20.3 Å². The largest absolute Gasteiger partial charge is 0.493 e. The van der Waals surface area contributed by atoms with E-state index in [1.807, 2.05) is 13.8 Å². The molecule has 10 nitrogen and oxygen atoms in total. The highest BCUT2D eigenvalue weighted by atomic mass is 32.2. The number of hydrogen-bond donors (Lipinski definition) is 2. The van der Waals surface area contributed by atoms with E-state index >= 15 is 0 Å². The first-order valence-electron chi connectivity index (χ1n) is 12.6. The molecule has 0 saturated carbocycles. The van der Waals surface area contributed by atoms with E-state index in [1.54, 1.807) is 12.1 Å². The van der Waals surface area contributed by atoms with Crippen molar-refractivity contribution in [3.8, 4) is 11.5 Å². The van der Waals surface area contributed by atoms with Crippen LogP contribution in [0.25, 0.3) is 0 Å². The van der Waals surface area contributed by atoms with E-state index in [-0.39, 0.29) is 29.3 Å². The quantitative estimate of drug-likeness (QED) is 0.454. The van der Waals surface area contributed by atoms with Gasteiger partial charge in [-0.05, 0) is 67.6 Å². The van der Waals surface area contributed by atoms with Crippen molar-refractivity contribution >= 4 is 27.6 Å². The van der Waals surface area contributed by atoms with Crippen LogP contribution in [-0.4, -0.2) is 69.7 Å². The third-order valence-electron chi connectivity index (χ3n) is 6.36. The van der Waals surface area contributed by atoms with Gasteiger partial charge in [0.2, 0.25) is 15.9 Å². The zero-order valence-corrected chi connectivity index (χ0v) is 23.2. The third-order valence-corrected chi connectivity index (χ3v) is 8.22. The first-order chi connectivity index (χ1) is 18.5. The van der Waals surface area contributed by atoms with Crippen LogP contribution < -0.4 is 20.1 Å². The number of carbonyl (C=O) groups is 3. The molecule has 1 fully saturated rings. The number of rotatable bonds is 10. The maximum absolute atomic E-state index is 13.3. The molecule has 1 aliphatic heterocycles. The van der Waals surface area contributed by atoms with Crippen LogP contribution in [0.5, 0.6) is 11.5 Å². The van der Waals surface area contributed by atoms with Gasteiger partial charge in [0.25, 0.3) is 5.91 Å². The molecule has 1 saturated heterocycles.